The van der Waals surface area contributed by atoms with Crippen LogP contribution in [0, 0.1) is 0 Å². The third kappa shape index (κ3) is 1.91. The molecule has 0 N–H and O–H groups in total. The first-order chi connectivity index (χ1) is 6.07. The van der Waals surface area contributed by atoms with Gasteiger partial charge in [0.05, 0.1) is 0 Å². The van der Waals surface area contributed by atoms with Crippen LogP contribution >= 0.6 is 0 Å². The Kier molecular flexibility index (Phi) is 2.40. The average molecular weight is 302 g/mol. The van der Waals surface area contributed by atoms with Crippen molar-refractivity contribution < 1.29 is 0 Å². The van der Waals surface area contributed by atoms with E-state index in [2.05, 4.69) is 50.0 Å². The van der Waals surface area contributed by atoms with E-state index in [-0.39, 0.29) is 20.4 Å². The minimum absolute atomic E-state index is 0.00588. The molecule has 0 unspecified atom stereocenters. The molecule has 0 radical (unpaired) electrons. The van der Waals surface area contributed by atoms with E-state index in [0.29, 0.717) is 0 Å². The second-order valence-corrected chi connectivity index (χ2v) is 13.6. The molecule has 0 saturated carbocycles. The van der Waals surface area contributed by atoms with Gasteiger partial charge in [-0.05, 0) is 0 Å². The van der Waals surface area contributed by atoms with Gasteiger partial charge in [0.1, 0.15) is 0 Å². The predicted molar refractivity (Wildman–Crippen MR) is 63.9 cm³/mol. The first-order valence-electron chi connectivity index (χ1n) is 4.56. The topological polar surface area (TPSA) is 0 Å². The Hall–Kier alpha value is -0.0335. The predicted octanol–water partition coefficient (Wildman–Crippen LogP) is 2.44. The molecule has 0 atom stereocenters. The Morgan fingerprint density at radius 2 is 1.77 bits per heavy atom. The van der Waals surface area contributed by atoms with E-state index in [1.165, 1.54) is 5.39 Å². The summed E-state index contributed by atoms with van der Waals surface area (Å²) in [5.74, 6) is 0. The average Bonchev–Trinajstić information content (AvgIpc) is 2.45. The van der Waals surface area contributed by atoms with Crippen molar-refractivity contribution in [3.05, 3.63) is 30.3 Å². The second-order valence-electron chi connectivity index (χ2n) is 4.40. The quantitative estimate of drug-likeness (QED) is 0.710. The molecule has 1 heterocycles. The molecule has 0 aliphatic rings. The summed E-state index contributed by atoms with van der Waals surface area (Å²) in [7, 11) is -1.00. The van der Waals surface area contributed by atoms with Crippen LogP contribution in [0.2, 0.25) is 19.6 Å². The Morgan fingerprint density at radius 3 is 2.38 bits per heavy atom. The van der Waals surface area contributed by atoms with Crippen LogP contribution in [0.1, 0.15) is 0 Å². The number of hydrogen-bond donors (Lipinski definition) is 0. The van der Waals surface area contributed by atoms with E-state index in [9.17, 15) is 0 Å². The summed E-state index contributed by atoms with van der Waals surface area (Å²) >= 11 is 0.00588. The molecule has 68 valence electrons. The molecule has 2 aromatic rings. The molecule has 1 aromatic carbocycles. The molecule has 1 aromatic heterocycles. The van der Waals surface area contributed by atoms with Gasteiger partial charge in [-0.2, -0.15) is 0 Å². The molecule has 2 rings (SSSR count). The first kappa shape index (κ1) is 9.52. The van der Waals surface area contributed by atoms with Crippen LogP contribution in [0.5, 0.6) is 0 Å². The molecule has 0 aliphatic heterocycles. The molecule has 2 heteroatoms. The van der Waals surface area contributed by atoms with Gasteiger partial charge >= 0.3 is 90.5 Å². The zero-order chi connectivity index (χ0) is 9.47. The fraction of sp³-hybridized carbons (Fsp3) is 0.273. The van der Waals surface area contributed by atoms with Crippen molar-refractivity contribution in [2.75, 3.05) is 0 Å². The Bertz CT molecular complexity index is 390. The number of fused-ring (bicyclic) bond motifs is 1. The van der Waals surface area contributed by atoms with Crippen LogP contribution in [-0.4, -0.2) is 28.5 Å². The molecule has 13 heavy (non-hydrogen) atoms. The van der Waals surface area contributed by atoms with Gasteiger partial charge in [0, 0.05) is 0 Å². The summed E-state index contributed by atoms with van der Waals surface area (Å²) in [6.07, 6.45) is 0. The Labute approximate surface area is 90.2 Å². The van der Waals surface area contributed by atoms with Gasteiger partial charge in [-0.15, -0.1) is 0 Å². The van der Waals surface area contributed by atoms with Gasteiger partial charge in [0.15, 0.2) is 0 Å². The van der Waals surface area contributed by atoms with Gasteiger partial charge in [0.2, 0.25) is 0 Å². The van der Waals surface area contributed by atoms with Crippen LogP contribution in [0.25, 0.3) is 8.79 Å². The number of rotatable bonds is 1. The third-order valence-corrected chi connectivity index (χ3v) is 12.4. The minimum atomic E-state index is -1.00. The van der Waals surface area contributed by atoms with Crippen LogP contribution in [-0.2, 0) is 0 Å². The summed E-state index contributed by atoms with van der Waals surface area (Å²) in [6, 6.07) is 11.3. The molecule has 0 nitrogen and oxygen atoms in total. The van der Waals surface area contributed by atoms with Crippen molar-refractivity contribution in [1.29, 1.82) is 0 Å². The van der Waals surface area contributed by atoms with Crippen molar-refractivity contribution in [1.82, 2.24) is 0 Å². The van der Waals surface area contributed by atoms with Crippen LogP contribution in [0.15, 0.2) is 30.3 Å². The second kappa shape index (κ2) is 3.27. The zero-order valence-electron chi connectivity index (χ0n) is 8.29. The van der Waals surface area contributed by atoms with E-state index in [1.54, 1.807) is 3.40 Å². The molecule has 0 saturated heterocycles. The van der Waals surface area contributed by atoms with E-state index < -0.39 is 8.07 Å². The van der Waals surface area contributed by atoms with Gasteiger partial charge in [-0.1, -0.05) is 0 Å². The molecule has 0 spiro atoms. The summed E-state index contributed by atoms with van der Waals surface area (Å²) in [4.78, 5) is 0. The third-order valence-electron chi connectivity index (χ3n) is 2.16. The molecule has 0 amide bonds. The number of benzene rings is 1. The van der Waals surface area contributed by atoms with Crippen molar-refractivity contribution in [3.63, 3.8) is 0 Å². The first-order valence-corrected chi connectivity index (χ1v) is 10.4. The fourth-order valence-electron chi connectivity index (χ4n) is 1.35. The van der Waals surface area contributed by atoms with E-state index in [4.69, 9.17) is 0 Å². The zero-order valence-corrected chi connectivity index (χ0v) is 11.6. The van der Waals surface area contributed by atoms with Crippen LogP contribution in [0.3, 0.4) is 0 Å². The van der Waals surface area contributed by atoms with Gasteiger partial charge in [0.25, 0.3) is 0 Å². The summed E-state index contributed by atoms with van der Waals surface area (Å²) in [5.41, 5.74) is 0. The maximum atomic E-state index is 2.46. The molecule has 0 aliphatic carbocycles. The number of hydrogen-bond acceptors (Lipinski definition) is 0. The van der Waals surface area contributed by atoms with Crippen molar-refractivity contribution in [2.45, 2.75) is 19.6 Å². The van der Waals surface area contributed by atoms with Gasteiger partial charge < -0.3 is 0 Å². The van der Waals surface area contributed by atoms with Crippen molar-refractivity contribution >= 4 is 40.5 Å². The standard InChI is InChI=1S/C11H14SiTe/c1-12(2,3)11-8-9-6-4-5-7-10(9)13-11/h4-8H,1-3H3. The van der Waals surface area contributed by atoms with Crippen molar-refractivity contribution in [2.24, 2.45) is 0 Å². The van der Waals surface area contributed by atoms with Crippen LogP contribution < -0.4 is 3.20 Å². The molecular formula is C11H14SiTe. The maximum absolute atomic E-state index is 2.46. The van der Waals surface area contributed by atoms with Gasteiger partial charge in [-0.3, -0.25) is 0 Å². The molecule has 0 fully saturated rings. The van der Waals surface area contributed by atoms with E-state index in [0.717, 1.165) is 0 Å². The molecular weight excluding hydrogens is 288 g/mol. The summed E-state index contributed by atoms with van der Waals surface area (Å²) < 4.78 is 3.46. The Balaban J connectivity index is 2.63. The molecule has 0 bridgehead atoms. The van der Waals surface area contributed by atoms with Crippen molar-refractivity contribution in [3.8, 4) is 0 Å². The Morgan fingerprint density at radius 1 is 1.08 bits per heavy atom. The normalized spacial score (nSPS) is 12.2. The van der Waals surface area contributed by atoms with Gasteiger partial charge in [-0.25, -0.2) is 0 Å². The summed E-state index contributed by atoms with van der Waals surface area (Å²) in [5, 5.41) is 1.50. The van der Waals surface area contributed by atoms with E-state index in [1.807, 2.05) is 3.20 Å². The van der Waals surface area contributed by atoms with E-state index >= 15 is 0 Å². The fourth-order valence-corrected chi connectivity index (χ4v) is 7.93. The SMILES string of the molecule is C[Si](C)(C)c1cc2ccccc2[te]1. The monoisotopic (exact) mass is 304 g/mol. The summed E-state index contributed by atoms with van der Waals surface area (Å²) in [6.45, 7) is 7.36. The van der Waals surface area contributed by atoms with Crippen LogP contribution in [0.4, 0.5) is 0 Å².